The Hall–Kier alpha value is -2.13. The minimum absolute atomic E-state index is 0.558. The van der Waals surface area contributed by atoms with Crippen molar-refractivity contribution in [3.8, 4) is 23.0 Å². The normalized spacial score (nSPS) is 10.8. The first-order chi connectivity index (χ1) is 14.6. The summed E-state index contributed by atoms with van der Waals surface area (Å²) in [4.78, 5) is 0. The lowest BCUT2D eigenvalue weighted by molar-refractivity contribution is 0.303. The van der Waals surface area contributed by atoms with Crippen LogP contribution in [0.15, 0.2) is 36.4 Å². The van der Waals surface area contributed by atoms with Crippen molar-refractivity contribution >= 4 is 18.4 Å². The van der Waals surface area contributed by atoms with Crippen molar-refractivity contribution < 1.29 is 23.5 Å². The van der Waals surface area contributed by atoms with E-state index in [2.05, 4.69) is 13.8 Å². The monoisotopic (exact) mass is 434 g/mol. The van der Waals surface area contributed by atoms with Crippen LogP contribution in [0.3, 0.4) is 0 Å². The van der Waals surface area contributed by atoms with Crippen LogP contribution in [0.1, 0.15) is 53.4 Å². The standard InChI is InChI=1S/C24H35O5P/c1-5-13-26-19-9-11-23(21(17-19)28-15-7-3)30(25)24-12-10-20(27-14-6-2)18-22(24)29-16-8-4/h9-12,17-18,30H,5-8,13-16H2,1-4H3. The van der Waals surface area contributed by atoms with Crippen LogP contribution >= 0.6 is 7.80 Å². The van der Waals surface area contributed by atoms with Crippen LogP contribution in [-0.2, 0) is 4.57 Å². The molecule has 5 nitrogen and oxygen atoms in total. The average Bonchev–Trinajstić information content (AvgIpc) is 2.78. The second-order valence-corrected chi connectivity index (χ2v) is 8.77. The molecule has 2 rings (SSSR count). The van der Waals surface area contributed by atoms with E-state index >= 15 is 0 Å². The molecule has 0 atom stereocenters. The summed E-state index contributed by atoms with van der Waals surface area (Å²) in [5.41, 5.74) is 0. The zero-order valence-electron chi connectivity index (χ0n) is 18.7. The Kier molecular flexibility index (Phi) is 10.6. The number of benzene rings is 2. The second-order valence-electron chi connectivity index (χ2n) is 7.04. The molecular weight excluding hydrogens is 399 g/mol. The molecule has 0 fully saturated rings. The fourth-order valence-corrected chi connectivity index (χ4v) is 4.30. The number of hydrogen-bond donors (Lipinski definition) is 0. The van der Waals surface area contributed by atoms with Gasteiger partial charge in [-0.3, -0.25) is 0 Å². The van der Waals surface area contributed by atoms with Crippen molar-refractivity contribution in [3.63, 3.8) is 0 Å². The molecule has 0 heterocycles. The number of rotatable bonds is 14. The van der Waals surface area contributed by atoms with E-state index in [1.165, 1.54) is 0 Å². The van der Waals surface area contributed by atoms with Gasteiger partial charge in [0.15, 0.2) is 0 Å². The maximum atomic E-state index is 13.6. The molecule has 0 radical (unpaired) electrons. The van der Waals surface area contributed by atoms with Gasteiger partial charge in [-0.25, -0.2) is 0 Å². The van der Waals surface area contributed by atoms with Crippen molar-refractivity contribution in [2.75, 3.05) is 26.4 Å². The van der Waals surface area contributed by atoms with E-state index in [0.29, 0.717) is 48.5 Å². The number of hydrogen-bond acceptors (Lipinski definition) is 5. The van der Waals surface area contributed by atoms with Crippen LogP contribution < -0.4 is 29.6 Å². The highest BCUT2D eigenvalue weighted by molar-refractivity contribution is 7.62. The zero-order valence-corrected chi connectivity index (χ0v) is 19.7. The Bertz CT molecular complexity index is 741. The molecule has 0 amide bonds. The highest BCUT2D eigenvalue weighted by atomic mass is 31.1. The molecule has 0 aliphatic carbocycles. The first-order valence-electron chi connectivity index (χ1n) is 11.0. The van der Waals surface area contributed by atoms with E-state index in [4.69, 9.17) is 18.9 Å². The minimum atomic E-state index is -2.35. The fourth-order valence-electron chi connectivity index (χ4n) is 2.81. The molecule has 0 N–H and O–H groups in total. The van der Waals surface area contributed by atoms with Gasteiger partial charge in [0.05, 0.1) is 37.0 Å². The van der Waals surface area contributed by atoms with Crippen LogP contribution in [0, 0.1) is 0 Å². The van der Waals surface area contributed by atoms with Gasteiger partial charge in [0.25, 0.3) is 0 Å². The molecule has 0 saturated heterocycles. The summed E-state index contributed by atoms with van der Waals surface area (Å²) in [5.74, 6) is 2.68. The maximum Gasteiger partial charge on any atom is 0.139 e. The summed E-state index contributed by atoms with van der Waals surface area (Å²) in [7, 11) is -2.35. The first kappa shape index (κ1) is 24.1. The van der Waals surface area contributed by atoms with Gasteiger partial charge in [-0.1, -0.05) is 27.7 Å². The van der Waals surface area contributed by atoms with Crippen LogP contribution in [0.25, 0.3) is 0 Å². The summed E-state index contributed by atoms with van der Waals surface area (Å²) >= 11 is 0. The Morgan fingerprint density at radius 3 is 1.33 bits per heavy atom. The van der Waals surface area contributed by atoms with Gasteiger partial charge in [-0.2, -0.15) is 0 Å². The van der Waals surface area contributed by atoms with E-state index in [-0.39, 0.29) is 0 Å². The van der Waals surface area contributed by atoms with Crippen LogP contribution in [0.4, 0.5) is 0 Å². The minimum Gasteiger partial charge on any atom is -0.493 e. The topological polar surface area (TPSA) is 54.0 Å². The van der Waals surface area contributed by atoms with Crippen LogP contribution in [0.2, 0.25) is 0 Å². The van der Waals surface area contributed by atoms with Gasteiger partial charge in [0.1, 0.15) is 30.8 Å². The van der Waals surface area contributed by atoms with Crippen molar-refractivity contribution in [3.05, 3.63) is 36.4 Å². The van der Waals surface area contributed by atoms with E-state index < -0.39 is 7.80 Å². The molecule has 0 saturated carbocycles. The Morgan fingerprint density at radius 1 is 0.600 bits per heavy atom. The number of ether oxygens (including phenoxy) is 4. The molecule has 2 aromatic carbocycles. The quantitative estimate of drug-likeness (QED) is 0.375. The molecule has 0 aromatic heterocycles. The molecule has 0 bridgehead atoms. The molecule has 30 heavy (non-hydrogen) atoms. The third-order valence-electron chi connectivity index (χ3n) is 4.26. The van der Waals surface area contributed by atoms with Gasteiger partial charge in [-0.05, 0) is 49.9 Å². The fraction of sp³-hybridized carbons (Fsp3) is 0.500. The van der Waals surface area contributed by atoms with E-state index in [0.717, 1.165) is 37.2 Å². The first-order valence-corrected chi connectivity index (χ1v) is 12.4. The van der Waals surface area contributed by atoms with Crippen LogP contribution in [0.5, 0.6) is 23.0 Å². The predicted molar refractivity (Wildman–Crippen MR) is 124 cm³/mol. The van der Waals surface area contributed by atoms with Crippen molar-refractivity contribution in [1.82, 2.24) is 0 Å². The lowest BCUT2D eigenvalue weighted by Crippen LogP contribution is -2.15. The molecule has 0 spiro atoms. The van der Waals surface area contributed by atoms with E-state index in [9.17, 15) is 4.57 Å². The van der Waals surface area contributed by atoms with Gasteiger partial charge >= 0.3 is 0 Å². The van der Waals surface area contributed by atoms with Gasteiger partial charge in [0.2, 0.25) is 0 Å². The molecule has 166 valence electrons. The molecule has 0 aliphatic rings. The third kappa shape index (κ3) is 6.98. The summed E-state index contributed by atoms with van der Waals surface area (Å²) < 4.78 is 36.9. The SMILES string of the molecule is CCCOc1ccc([PH](=O)c2ccc(OCCC)cc2OCCC)c(OCCC)c1. The summed E-state index contributed by atoms with van der Waals surface area (Å²) in [5, 5.41) is 1.36. The Morgan fingerprint density at radius 2 is 0.967 bits per heavy atom. The Labute approximate surface area is 181 Å². The van der Waals surface area contributed by atoms with Crippen molar-refractivity contribution in [2.45, 2.75) is 53.4 Å². The van der Waals surface area contributed by atoms with Crippen LogP contribution in [-0.4, -0.2) is 26.4 Å². The highest BCUT2D eigenvalue weighted by Gasteiger charge is 2.19. The summed E-state index contributed by atoms with van der Waals surface area (Å²) in [6.07, 6.45) is 3.59. The van der Waals surface area contributed by atoms with Crippen molar-refractivity contribution in [1.29, 1.82) is 0 Å². The van der Waals surface area contributed by atoms with Crippen molar-refractivity contribution in [2.24, 2.45) is 0 Å². The molecule has 0 aliphatic heterocycles. The Balaban J connectivity index is 2.38. The third-order valence-corrected chi connectivity index (χ3v) is 6.07. The van der Waals surface area contributed by atoms with E-state index in [1.807, 2.05) is 50.2 Å². The lowest BCUT2D eigenvalue weighted by atomic mass is 10.3. The van der Waals surface area contributed by atoms with E-state index in [1.54, 1.807) is 0 Å². The molecule has 6 heteroatoms. The van der Waals surface area contributed by atoms with Gasteiger partial charge in [0, 0.05) is 12.1 Å². The van der Waals surface area contributed by atoms with Gasteiger partial charge < -0.3 is 23.5 Å². The highest BCUT2D eigenvalue weighted by Crippen LogP contribution is 2.34. The van der Waals surface area contributed by atoms with Gasteiger partial charge in [-0.15, -0.1) is 0 Å². The largest absolute Gasteiger partial charge is 0.493 e. The molecule has 0 unspecified atom stereocenters. The molecular formula is C24H35O5P. The lowest BCUT2D eigenvalue weighted by Gasteiger charge is -2.16. The molecule has 2 aromatic rings. The zero-order chi connectivity index (χ0) is 21.8. The summed E-state index contributed by atoms with van der Waals surface area (Å²) in [6.45, 7) is 10.6. The summed E-state index contributed by atoms with van der Waals surface area (Å²) in [6, 6.07) is 11.1. The second kappa shape index (κ2) is 13.2. The average molecular weight is 435 g/mol. The maximum absolute atomic E-state index is 13.6. The predicted octanol–water partition coefficient (Wildman–Crippen LogP) is 5.35. The smallest absolute Gasteiger partial charge is 0.139 e.